The van der Waals surface area contributed by atoms with Crippen LogP contribution in [0, 0.1) is 0 Å². The average molecular weight is 246 g/mol. The molecular weight excluding hydrogens is 228 g/mol. The minimum atomic E-state index is -0.0409. The van der Waals surface area contributed by atoms with Gasteiger partial charge < -0.3 is 9.47 Å². The molecule has 0 radical (unpaired) electrons. The number of carbonyl (C=O) groups is 1. The van der Waals surface area contributed by atoms with Gasteiger partial charge in [0.25, 0.3) is 0 Å². The van der Waals surface area contributed by atoms with Gasteiger partial charge in [-0.3, -0.25) is 4.79 Å². The van der Waals surface area contributed by atoms with E-state index in [1.165, 1.54) is 6.42 Å². The highest BCUT2D eigenvalue weighted by Crippen LogP contribution is 2.13. The maximum atomic E-state index is 10.5. The topological polar surface area (TPSA) is 35.5 Å². The Labute approximate surface area is 107 Å². The first-order chi connectivity index (χ1) is 8.88. The Kier molecular flexibility index (Phi) is 5.12. The first-order valence-corrected chi connectivity index (χ1v) is 6.33. The number of rotatable bonds is 5. The van der Waals surface area contributed by atoms with Gasteiger partial charge in [-0.15, -0.1) is 0 Å². The first kappa shape index (κ1) is 13.0. The van der Waals surface area contributed by atoms with Gasteiger partial charge in [0.1, 0.15) is 6.29 Å². The van der Waals surface area contributed by atoms with Gasteiger partial charge in [-0.2, -0.15) is 0 Å². The predicted octanol–water partition coefficient (Wildman–Crippen LogP) is 3.06. The second-order valence-electron chi connectivity index (χ2n) is 4.32. The van der Waals surface area contributed by atoms with Gasteiger partial charge in [-0.05, 0) is 24.8 Å². The van der Waals surface area contributed by atoms with E-state index in [2.05, 4.69) is 0 Å². The summed E-state index contributed by atoms with van der Waals surface area (Å²) in [5.41, 5.74) is 1.76. The molecule has 1 aliphatic rings. The molecule has 3 heteroatoms. The van der Waals surface area contributed by atoms with E-state index in [4.69, 9.17) is 9.47 Å². The van der Waals surface area contributed by atoms with Crippen LogP contribution in [0.2, 0.25) is 0 Å². The Morgan fingerprint density at radius 2 is 2.00 bits per heavy atom. The Bertz CT molecular complexity index is 389. The normalized spacial score (nSPS) is 20.1. The molecule has 0 amide bonds. The summed E-state index contributed by atoms with van der Waals surface area (Å²) < 4.78 is 11.0. The maximum absolute atomic E-state index is 10.5. The van der Waals surface area contributed by atoms with Crippen LogP contribution in [0.15, 0.2) is 30.3 Å². The van der Waals surface area contributed by atoms with Gasteiger partial charge in [0.2, 0.25) is 0 Å². The quantitative estimate of drug-likeness (QED) is 0.749. The molecule has 1 heterocycles. The van der Waals surface area contributed by atoms with Crippen LogP contribution in [-0.4, -0.2) is 25.8 Å². The molecular formula is C15H18O3. The fourth-order valence-corrected chi connectivity index (χ4v) is 1.88. The van der Waals surface area contributed by atoms with Crippen molar-refractivity contribution in [3.05, 3.63) is 41.5 Å². The monoisotopic (exact) mass is 246 g/mol. The summed E-state index contributed by atoms with van der Waals surface area (Å²) in [5, 5.41) is 0. The number of ether oxygens (including phenoxy) is 2. The molecule has 0 bridgehead atoms. The fourth-order valence-electron chi connectivity index (χ4n) is 1.88. The van der Waals surface area contributed by atoms with E-state index in [9.17, 15) is 4.79 Å². The molecule has 1 atom stereocenters. The minimum Gasteiger partial charge on any atom is -0.353 e. The maximum Gasteiger partial charge on any atom is 0.157 e. The van der Waals surface area contributed by atoms with Gasteiger partial charge in [-0.25, -0.2) is 0 Å². The molecule has 18 heavy (non-hydrogen) atoms. The summed E-state index contributed by atoms with van der Waals surface area (Å²) in [6.07, 6.45) is 8.06. The van der Waals surface area contributed by atoms with Gasteiger partial charge in [0.15, 0.2) is 6.29 Å². The Balaban J connectivity index is 1.74. The van der Waals surface area contributed by atoms with Crippen LogP contribution in [0.4, 0.5) is 0 Å². The highest BCUT2D eigenvalue weighted by molar-refractivity contribution is 5.75. The van der Waals surface area contributed by atoms with Crippen LogP contribution in [0.1, 0.15) is 35.2 Å². The Morgan fingerprint density at radius 1 is 1.22 bits per heavy atom. The van der Waals surface area contributed by atoms with Crippen LogP contribution < -0.4 is 0 Å². The lowest BCUT2D eigenvalue weighted by molar-refractivity contribution is -0.155. The zero-order chi connectivity index (χ0) is 12.6. The van der Waals surface area contributed by atoms with Crippen LogP contribution in [0.25, 0.3) is 6.08 Å². The van der Waals surface area contributed by atoms with E-state index >= 15 is 0 Å². The molecule has 3 nitrogen and oxygen atoms in total. The third-order valence-electron chi connectivity index (χ3n) is 2.90. The summed E-state index contributed by atoms with van der Waals surface area (Å²) in [7, 11) is 0. The second-order valence-corrected chi connectivity index (χ2v) is 4.32. The molecule has 1 saturated heterocycles. The number of benzene rings is 1. The van der Waals surface area contributed by atoms with E-state index in [1.54, 1.807) is 12.1 Å². The van der Waals surface area contributed by atoms with Gasteiger partial charge in [0.05, 0.1) is 6.61 Å². The highest BCUT2D eigenvalue weighted by Gasteiger charge is 2.12. The third-order valence-corrected chi connectivity index (χ3v) is 2.90. The lowest BCUT2D eigenvalue weighted by Crippen LogP contribution is -2.22. The molecule has 96 valence electrons. The number of carbonyl (C=O) groups excluding carboxylic acids is 1. The van der Waals surface area contributed by atoms with Crippen LogP contribution >= 0.6 is 0 Å². The highest BCUT2D eigenvalue weighted by atomic mass is 16.7. The summed E-state index contributed by atoms with van der Waals surface area (Å²) >= 11 is 0. The lowest BCUT2D eigenvalue weighted by atomic mass is 10.1. The summed E-state index contributed by atoms with van der Waals surface area (Å²) in [6, 6.07) is 7.43. The van der Waals surface area contributed by atoms with Crippen molar-refractivity contribution in [2.45, 2.75) is 25.6 Å². The van der Waals surface area contributed by atoms with E-state index < -0.39 is 0 Å². The van der Waals surface area contributed by atoms with E-state index in [0.717, 1.165) is 31.3 Å². The van der Waals surface area contributed by atoms with Crippen molar-refractivity contribution < 1.29 is 14.3 Å². The van der Waals surface area contributed by atoms with Crippen LogP contribution in [-0.2, 0) is 9.47 Å². The Morgan fingerprint density at radius 3 is 2.67 bits per heavy atom. The van der Waals surface area contributed by atoms with Crippen molar-refractivity contribution in [3.63, 3.8) is 0 Å². The number of hydrogen-bond donors (Lipinski definition) is 0. The molecule has 1 aromatic carbocycles. The van der Waals surface area contributed by atoms with Crippen molar-refractivity contribution in [2.75, 3.05) is 13.2 Å². The van der Waals surface area contributed by atoms with Gasteiger partial charge in [0, 0.05) is 12.2 Å². The second kappa shape index (κ2) is 7.09. The molecule has 0 N–H and O–H groups in total. The molecule has 0 aliphatic carbocycles. The zero-order valence-corrected chi connectivity index (χ0v) is 10.4. The molecule has 1 fully saturated rings. The molecule has 0 aromatic heterocycles. The minimum absolute atomic E-state index is 0.0409. The van der Waals surface area contributed by atoms with E-state index in [1.807, 2.05) is 24.3 Å². The first-order valence-electron chi connectivity index (χ1n) is 6.33. The third kappa shape index (κ3) is 4.09. The van der Waals surface area contributed by atoms with Crippen molar-refractivity contribution >= 4 is 12.4 Å². The predicted molar refractivity (Wildman–Crippen MR) is 70.4 cm³/mol. The molecule has 2 rings (SSSR count). The standard InChI is InChI=1S/C15H18O3/c16-12-14-8-6-13(7-9-14)4-3-11-18-15-5-1-2-10-17-15/h3-4,6-9,12,15H,1-2,5,10-11H2/b4-3+. The summed E-state index contributed by atoms with van der Waals surface area (Å²) in [6.45, 7) is 1.36. The smallest absolute Gasteiger partial charge is 0.157 e. The molecule has 0 spiro atoms. The molecule has 0 saturated carbocycles. The number of hydrogen-bond acceptors (Lipinski definition) is 3. The SMILES string of the molecule is O=Cc1ccc(/C=C/COC2CCCCO2)cc1. The van der Waals surface area contributed by atoms with Crippen molar-refractivity contribution in [1.29, 1.82) is 0 Å². The molecule has 1 aromatic rings. The van der Waals surface area contributed by atoms with Crippen molar-refractivity contribution in [2.24, 2.45) is 0 Å². The average Bonchev–Trinajstić information content (AvgIpc) is 2.45. The summed E-state index contributed by atoms with van der Waals surface area (Å²) in [5.74, 6) is 0. The fraction of sp³-hybridized carbons (Fsp3) is 0.400. The molecule has 1 unspecified atom stereocenters. The zero-order valence-electron chi connectivity index (χ0n) is 10.4. The number of aldehydes is 1. The Hall–Kier alpha value is -1.45. The van der Waals surface area contributed by atoms with Gasteiger partial charge >= 0.3 is 0 Å². The molecule has 1 aliphatic heterocycles. The van der Waals surface area contributed by atoms with Crippen molar-refractivity contribution in [3.8, 4) is 0 Å². The van der Waals surface area contributed by atoms with E-state index in [-0.39, 0.29) is 6.29 Å². The lowest BCUT2D eigenvalue weighted by Gasteiger charge is -2.21. The van der Waals surface area contributed by atoms with Crippen LogP contribution in [0.5, 0.6) is 0 Å². The van der Waals surface area contributed by atoms with Crippen molar-refractivity contribution in [1.82, 2.24) is 0 Å². The summed E-state index contributed by atoms with van der Waals surface area (Å²) in [4.78, 5) is 10.5. The largest absolute Gasteiger partial charge is 0.353 e. The van der Waals surface area contributed by atoms with Gasteiger partial charge in [-0.1, -0.05) is 36.4 Å². The van der Waals surface area contributed by atoms with E-state index in [0.29, 0.717) is 12.2 Å². The van der Waals surface area contributed by atoms with Crippen LogP contribution in [0.3, 0.4) is 0 Å².